The first-order valence-corrected chi connectivity index (χ1v) is 8.32. The second kappa shape index (κ2) is 8.30. The minimum Gasteiger partial charge on any atom is -0.317 e. The van der Waals surface area contributed by atoms with E-state index in [0.29, 0.717) is 5.92 Å². The Morgan fingerprint density at radius 2 is 1.81 bits per heavy atom. The topological polar surface area (TPSA) is 24.9 Å². The van der Waals surface area contributed by atoms with Crippen molar-refractivity contribution >= 4 is 15.9 Å². The summed E-state index contributed by atoms with van der Waals surface area (Å²) in [6, 6.07) is 11.0. The van der Waals surface area contributed by atoms with Gasteiger partial charge in [0.1, 0.15) is 0 Å². The Morgan fingerprint density at radius 1 is 1.10 bits per heavy atom. The summed E-state index contributed by atoms with van der Waals surface area (Å²) in [5, 5.41) is 3.48. The van der Waals surface area contributed by atoms with Crippen LogP contribution in [-0.4, -0.2) is 18.1 Å². The molecule has 0 aliphatic carbocycles. The van der Waals surface area contributed by atoms with Gasteiger partial charge in [-0.05, 0) is 71.9 Å². The third-order valence-corrected chi connectivity index (χ3v) is 4.05. The highest BCUT2D eigenvalue weighted by Crippen LogP contribution is 2.17. The van der Waals surface area contributed by atoms with Crippen LogP contribution in [0.4, 0.5) is 0 Å². The highest BCUT2D eigenvalue weighted by molar-refractivity contribution is 9.10. The summed E-state index contributed by atoms with van der Waals surface area (Å²) < 4.78 is 1.05. The van der Waals surface area contributed by atoms with Gasteiger partial charge in [-0.1, -0.05) is 36.8 Å². The number of rotatable bonds is 7. The van der Waals surface area contributed by atoms with E-state index in [1.165, 1.54) is 16.7 Å². The Balaban J connectivity index is 2.04. The van der Waals surface area contributed by atoms with Gasteiger partial charge in [0.05, 0.1) is 0 Å². The zero-order chi connectivity index (χ0) is 15.1. The van der Waals surface area contributed by atoms with Crippen LogP contribution in [0.1, 0.15) is 23.6 Å². The molecule has 1 N–H and O–H groups in total. The molecule has 0 bridgehead atoms. The van der Waals surface area contributed by atoms with Gasteiger partial charge in [-0.3, -0.25) is 4.98 Å². The molecule has 0 aliphatic rings. The van der Waals surface area contributed by atoms with Gasteiger partial charge in [0, 0.05) is 16.9 Å². The maximum atomic E-state index is 4.27. The smallest absolute Gasteiger partial charge is 0.0410 e. The molecule has 0 radical (unpaired) electrons. The van der Waals surface area contributed by atoms with Crippen molar-refractivity contribution in [2.45, 2.75) is 26.7 Å². The molecule has 0 aliphatic heterocycles. The number of pyridine rings is 1. The molecule has 0 fully saturated rings. The fraction of sp³-hybridized carbons (Fsp3) is 0.389. The van der Waals surface area contributed by atoms with Gasteiger partial charge in [0.2, 0.25) is 0 Å². The molecule has 2 rings (SSSR count). The van der Waals surface area contributed by atoms with Crippen molar-refractivity contribution in [3.8, 4) is 0 Å². The number of nitrogens with one attached hydrogen (secondary N) is 1. The van der Waals surface area contributed by atoms with E-state index in [4.69, 9.17) is 0 Å². The molecule has 2 aromatic rings. The molecule has 3 heteroatoms. The molecular formula is C18H23BrN2. The highest BCUT2D eigenvalue weighted by Gasteiger charge is 2.11. The van der Waals surface area contributed by atoms with E-state index < -0.39 is 0 Å². The van der Waals surface area contributed by atoms with E-state index in [1.807, 2.05) is 12.4 Å². The molecule has 0 saturated heterocycles. The maximum Gasteiger partial charge on any atom is 0.0410 e. The Hall–Kier alpha value is -1.19. The molecule has 0 spiro atoms. The van der Waals surface area contributed by atoms with Crippen LogP contribution >= 0.6 is 15.9 Å². The van der Waals surface area contributed by atoms with Gasteiger partial charge < -0.3 is 5.32 Å². The molecule has 0 saturated carbocycles. The van der Waals surface area contributed by atoms with Gasteiger partial charge in [-0.2, -0.15) is 0 Å². The van der Waals surface area contributed by atoms with Crippen LogP contribution in [0.25, 0.3) is 0 Å². The fourth-order valence-electron chi connectivity index (χ4n) is 2.52. The van der Waals surface area contributed by atoms with Crippen molar-refractivity contribution in [2.75, 3.05) is 13.1 Å². The summed E-state index contributed by atoms with van der Waals surface area (Å²) in [6.07, 6.45) is 5.95. The van der Waals surface area contributed by atoms with E-state index in [9.17, 15) is 0 Å². The van der Waals surface area contributed by atoms with E-state index in [0.717, 1.165) is 30.4 Å². The van der Waals surface area contributed by atoms with E-state index in [1.54, 1.807) is 0 Å². The van der Waals surface area contributed by atoms with Crippen molar-refractivity contribution in [1.29, 1.82) is 0 Å². The highest BCUT2D eigenvalue weighted by atomic mass is 79.9. The first-order valence-electron chi connectivity index (χ1n) is 7.53. The number of benzene rings is 1. The second-order valence-electron chi connectivity index (χ2n) is 5.58. The Morgan fingerprint density at radius 3 is 2.48 bits per heavy atom. The van der Waals surface area contributed by atoms with Gasteiger partial charge in [-0.25, -0.2) is 0 Å². The number of nitrogens with zero attached hydrogens (tertiary/aromatic N) is 1. The van der Waals surface area contributed by atoms with Crippen LogP contribution in [0.3, 0.4) is 0 Å². The Labute approximate surface area is 136 Å². The summed E-state index contributed by atoms with van der Waals surface area (Å²) in [7, 11) is 0. The molecule has 1 aromatic carbocycles. The first-order chi connectivity index (χ1) is 10.2. The fourth-order valence-corrected chi connectivity index (χ4v) is 2.94. The zero-order valence-corrected chi connectivity index (χ0v) is 14.4. The normalized spacial score (nSPS) is 12.3. The van der Waals surface area contributed by atoms with Crippen LogP contribution < -0.4 is 5.32 Å². The van der Waals surface area contributed by atoms with Crippen molar-refractivity contribution in [1.82, 2.24) is 10.3 Å². The summed E-state index contributed by atoms with van der Waals surface area (Å²) in [6.45, 7) is 6.34. The van der Waals surface area contributed by atoms with Crippen molar-refractivity contribution in [3.63, 3.8) is 0 Å². The minimum atomic E-state index is 0.587. The lowest BCUT2D eigenvalue weighted by atomic mass is 9.92. The number of halogens is 1. The number of hydrogen-bond donors (Lipinski definition) is 1. The molecular weight excluding hydrogens is 324 g/mol. The summed E-state index contributed by atoms with van der Waals surface area (Å²) in [5.74, 6) is 0.587. The molecule has 1 atom stereocenters. The molecule has 1 aromatic heterocycles. The SMILES string of the molecule is CCNCC(Cc1ccc(C)cc1)Cc1cncc(Br)c1. The lowest BCUT2D eigenvalue weighted by Crippen LogP contribution is -2.25. The molecule has 1 unspecified atom stereocenters. The molecule has 2 nitrogen and oxygen atoms in total. The molecule has 1 heterocycles. The Kier molecular flexibility index (Phi) is 6.40. The largest absolute Gasteiger partial charge is 0.317 e. The number of hydrogen-bond acceptors (Lipinski definition) is 2. The van der Waals surface area contributed by atoms with Gasteiger partial charge >= 0.3 is 0 Å². The lowest BCUT2D eigenvalue weighted by Gasteiger charge is -2.18. The maximum absolute atomic E-state index is 4.27. The number of aryl methyl sites for hydroxylation is 1. The minimum absolute atomic E-state index is 0.587. The van der Waals surface area contributed by atoms with Crippen molar-refractivity contribution in [3.05, 3.63) is 63.9 Å². The van der Waals surface area contributed by atoms with E-state index in [2.05, 4.69) is 70.4 Å². The van der Waals surface area contributed by atoms with Crippen molar-refractivity contribution < 1.29 is 0 Å². The standard InChI is InChI=1S/C18H23BrN2/c1-3-20-11-16(8-15-6-4-14(2)5-7-15)9-17-10-18(19)13-21-12-17/h4-7,10,12-13,16,20H,3,8-9,11H2,1-2H3. The predicted octanol–water partition coefficient (Wildman–Crippen LogP) is 4.16. The van der Waals surface area contributed by atoms with Gasteiger partial charge in [0.25, 0.3) is 0 Å². The quantitative estimate of drug-likeness (QED) is 0.813. The van der Waals surface area contributed by atoms with Gasteiger partial charge in [0.15, 0.2) is 0 Å². The van der Waals surface area contributed by atoms with E-state index >= 15 is 0 Å². The number of aromatic nitrogens is 1. The summed E-state index contributed by atoms with van der Waals surface area (Å²) in [5.41, 5.74) is 4.02. The average molecular weight is 347 g/mol. The monoisotopic (exact) mass is 346 g/mol. The average Bonchev–Trinajstić information content (AvgIpc) is 2.47. The van der Waals surface area contributed by atoms with Crippen LogP contribution in [0.2, 0.25) is 0 Å². The van der Waals surface area contributed by atoms with Crippen LogP contribution in [0, 0.1) is 12.8 Å². The van der Waals surface area contributed by atoms with Crippen LogP contribution in [-0.2, 0) is 12.8 Å². The van der Waals surface area contributed by atoms with Crippen LogP contribution in [0.15, 0.2) is 47.2 Å². The summed E-state index contributed by atoms with van der Waals surface area (Å²) in [4.78, 5) is 4.27. The third-order valence-electron chi connectivity index (χ3n) is 3.61. The predicted molar refractivity (Wildman–Crippen MR) is 92.6 cm³/mol. The summed E-state index contributed by atoms with van der Waals surface area (Å²) >= 11 is 3.50. The van der Waals surface area contributed by atoms with E-state index in [-0.39, 0.29) is 0 Å². The molecule has 0 amide bonds. The van der Waals surface area contributed by atoms with Crippen LogP contribution in [0.5, 0.6) is 0 Å². The third kappa shape index (κ3) is 5.60. The molecule has 21 heavy (non-hydrogen) atoms. The first kappa shape index (κ1) is 16.2. The van der Waals surface area contributed by atoms with Crippen molar-refractivity contribution in [2.24, 2.45) is 5.92 Å². The molecule has 112 valence electrons. The zero-order valence-electron chi connectivity index (χ0n) is 12.8. The lowest BCUT2D eigenvalue weighted by molar-refractivity contribution is 0.477. The Bertz CT molecular complexity index is 551. The van der Waals surface area contributed by atoms with Gasteiger partial charge in [-0.15, -0.1) is 0 Å². The second-order valence-corrected chi connectivity index (χ2v) is 6.49.